The van der Waals surface area contributed by atoms with Gasteiger partial charge in [-0.3, -0.25) is 37.3 Å². The van der Waals surface area contributed by atoms with E-state index < -0.39 is 97.5 Å². The minimum absolute atomic E-state index is 0.107. The van der Waals surface area contributed by atoms with Crippen LogP contribution >= 0.6 is 15.6 Å². The van der Waals surface area contributed by atoms with Crippen LogP contribution in [-0.4, -0.2) is 96.7 Å². The summed E-state index contributed by atoms with van der Waals surface area (Å²) in [6.07, 6.45) is 58.0. The summed E-state index contributed by atoms with van der Waals surface area (Å²) in [6, 6.07) is 0. The van der Waals surface area contributed by atoms with Gasteiger partial charge in [0.15, 0.2) is 12.2 Å². The number of hydrogen-bond donors (Lipinski definition) is 3. The summed E-state index contributed by atoms with van der Waals surface area (Å²) in [5.41, 5.74) is 0. The summed E-state index contributed by atoms with van der Waals surface area (Å²) in [6.45, 7) is 12.0. The highest BCUT2D eigenvalue weighted by Gasteiger charge is 2.30. The Morgan fingerprint density at radius 2 is 0.515 bits per heavy atom. The number of aliphatic hydroxyl groups is 1. The lowest BCUT2D eigenvalue weighted by atomic mass is 9.99. The molecule has 99 heavy (non-hydrogen) atoms. The first-order chi connectivity index (χ1) is 47.8. The third-order valence-corrected chi connectivity index (χ3v) is 21.3. The quantitative estimate of drug-likeness (QED) is 0.0222. The number of esters is 4. The monoisotopic (exact) mass is 1450 g/mol. The Balaban J connectivity index is 5.28. The van der Waals surface area contributed by atoms with Crippen molar-refractivity contribution in [2.75, 3.05) is 39.6 Å². The predicted molar refractivity (Wildman–Crippen MR) is 405 cm³/mol. The van der Waals surface area contributed by atoms with Gasteiger partial charge in [-0.15, -0.1) is 0 Å². The molecule has 0 fully saturated rings. The van der Waals surface area contributed by atoms with E-state index in [9.17, 15) is 43.2 Å². The number of ether oxygens (including phenoxy) is 4. The van der Waals surface area contributed by atoms with Crippen molar-refractivity contribution in [3.05, 3.63) is 0 Å². The summed E-state index contributed by atoms with van der Waals surface area (Å²) >= 11 is 0. The molecule has 19 heteroatoms. The first-order valence-corrected chi connectivity index (χ1v) is 44.4. The summed E-state index contributed by atoms with van der Waals surface area (Å²) in [4.78, 5) is 73.0. The van der Waals surface area contributed by atoms with E-state index in [1.165, 1.54) is 225 Å². The molecule has 0 amide bonds. The van der Waals surface area contributed by atoms with E-state index in [-0.39, 0.29) is 25.7 Å². The van der Waals surface area contributed by atoms with Gasteiger partial charge in [-0.1, -0.05) is 363 Å². The molecular formula is C80H156O17P2. The van der Waals surface area contributed by atoms with E-state index in [0.29, 0.717) is 25.7 Å². The maximum absolute atomic E-state index is 13.1. The van der Waals surface area contributed by atoms with Crippen molar-refractivity contribution < 1.29 is 80.2 Å². The molecule has 0 saturated carbocycles. The zero-order chi connectivity index (χ0) is 73.0. The molecule has 3 N–H and O–H groups in total. The lowest BCUT2D eigenvalue weighted by molar-refractivity contribution is -0.161. The third kappa shape index (κ3) is 71.5. The van der Waals surface area contributed by atoms with Crippen LogP contribution in [0.25, 0.3) is 0 Å². The summed E-state index contributed by atoms with van der Waals surface area (Å²) < 4.78 is 68.7. The van der Waals surface area contributed by atoms with Crippen molar-refractivity contribution in [2.45, 2.75) is 433 Å². The number of aliphatic hydroxyl groups excluding tert-OH is 1. The lowest BCUT2D eigenvalue weighted by Gasteiger charge is -2.21. The number of phosphoric ester groups is 2. The van der Waals surface area contributed by atoms with E-state index in [1.807, 2.05) is 0 Å². The molecule has 0 radical (unpaired) electrons. The summed E-state index contributed by atoms with van der Waals surface area (Å²) in [5.74, 6) is 0.310. The average Bonchev–Trinajstić information content (AvgIpc) is 1.18. The van der Waals surface area contributed by atoms with Gasteiger partial charge in [0.2, 0.25) is 0 Å². The smallest absolute Gasteiger partial charge is 0.462 e. The van der Waals surface area contributed by atoms with Crippen molar-refractivity contribution in [2.24, 2.45) is 17.8 Å². The van der Waals surface area contributed by atoms with Crippen LogP contribution in [0.15, 0.2) is 0 Å². The Hall–Kier alpha value is -1.94. The Morgan fingerprint density at radius 1 is 0.293 bits per heavy atom. The van der Waals surface area contributed by atoms with Gasteiger partial charge in [0.25, 0.3) is 0 Å². The fraction of sp³-hybridized carbons (Fsp3) is 0.950. The van der Waals surface area contributed by atoms with E-state index in [1.54, 1.807) is 0 Å². The van der Waals surface area contributed by atoms with Crippen molar-refractivity contribution in [3.8, 4) is 0 Å². The molecule has 0 heterocycles. The summed E-state index contributed by atoms with van der Waals surface area (Å²) in [5, 5.41) is 10.6. The van der Waals surface area contributed by atoms with Crippen LogP contribution in [0.4, 0.5) is 0 Å². The second-order valence-electron chi connectivity index (χ2n) is 29.8. The highest BCUT2D eigenvalue weighted by atomic mass is 31.2. The topological polar surface area (TPSA) is 237 Å². The van der Waals surface area contributed by atoms with E-state index in [0.717, 1.165) is 108 Å². The van der Waals surface area contributed by atoms with Gasteiger partial charge < -0.3 is 33.8 Å². The largest absolute Gasteiger partial charge is 0.472 e. The highest BCUT2D eigenvalue weighted by Crippen LogP contribution is 2.45. The zero-order valence-electron chi connectivity index (χ0n) is 65.0. The molecule has 0 aromatic carbocycles. The second kappa shape index (κ2) is 70.4. The number of hydrogen-bond acceptors (Lipinski definition) is 15. The second-order valence-corrected chi connectivity index (χ2v) is 32.7. The third-order valence-electron chi connectivity index (χ3n) is 19.4. The number of rotatable bonds is 78. The molecule has 0 saturated heterocycles. The van der Waals surface area contributed by atoms with Crippen molar-refractivity contribution in [3.63, 3.8) is 0 Å². The van der Waals surface area contributed by atoms with Gasteiger partial charge in [0.05, 0.1) is 26.4 Å². The SMILES string of the molecule is CCCCCCCCCCCCCCCC(=O)OC[C@H](COP(=O)(O)OC[C@H](O)COP(=O)(O)OC[C@@H](COC(=O)CCCCCCCCCCCCCC(C)C)OC(=O)CCCCCCCCCCCCCCCCC(C)CC)OC(=O)CCCCCCCCCCCCC(C)CC. The number of carbonyl (C=O) groups is 4. The molecule has 0 aliphatic carbocycles. The van der Waals surface area contributed by atoms with E-state index in [2.05, 4.69) is 48.5 Å². The Labute approximate surface area is 607 Å². The predicted octanol–water partition coefficient (Wildman–Crippen LogP) is 23.7. The van der Waals surface area contributed by atoms with Crippen LogP contribution in [-0.2, 0) is 65.4 Å². The van der Waals surface area contributed by atoms with Crippen LogP contribution in [0.3, 0.4) is 0 Å². The average molecular weight is 1450 g/mol. The molecular weight excluding hydrogens is 1290 g/mol. The van der Waals surface area contributed by atoms with Gasteiger partial charge in [-0.05, 0) is 43.4 Å². The van der Waals surface area contributed by atoms with Crippen molar-refractivity contribution in [1.82, 2.24) is 0 Å². The van der Waals surface area contributed by atoms with Gasteiger partial charge in [0.1, 0.15) is 19.3 Å². The molecule has 0 aromatic heterocycles. The van der Waals surface area contributed by atoms with Gasteiger partial charge in [0, 0.05) is 25.7 Å². The van der Waals surface area contributed by atoms with Crippen LogP contribution in [0.5, 0.6) is 0 Å². The number of unbranched alkanes of at least 4 members (excludes halogenated alkanes) is 44. The summed E-state index contributed by atoms with van der Waals surface area (Å²) in [7, 11) is -9.92. The first kappa shape index (κ1) is 97.1. The molecule has 588 valence electrons. The molecule has 0 bridgehead atoms. The molecule has 4 unspecified atom stereocenters. The van der Waals surface area contributed by atoms with Crippen LogP contribution in [0.2, 0.25) is 0 Å². The molecule has 0 spiro atoms. The molecule has 0 aromatic rings. The molecule has 0 aliphatic heterocycles. The number of phosphoric acid groups is 2. The lowest BCUT2D eigenvalue weighted by Crippen LogP contribution is -2.30. The maximum Gasteiger partial charge on any atom is 0.472 e. The van der Waals surface area contributed by atoms with Crippen LogP contribution in [0.1, 0.15) is 414 Å². The Bertz CT molecular complexity index is 1930. The van der Waals surface area contributed by atoms with Gasteiger partial charge in [-0.25, -0.2) is 9.13 Å². The van der Waals surface area contributed by atoms with E-state index in [4.69, 9.17) is 37.0 Å². The minimum atomic E-state index is -4.96. The molecule has 7 atom stereocenters. The maximum atomic E-state index is 13.1. The van der Waals surface area contributed by atoms with Crippen LogP contribution < -0.4 is 0 Å². The zero-order valence-corrected chi connectivity index (χ0v) is 66.8. The Kier molecular flexibility index (Phi) is 69.0. The normalized spacial score (nSPS) is 14.5. The molecule has 17 nitrogen and oxygen atoms in total. The fourth-order valence-corrected chi connectivity index (χ4v) is 13.8. The van der Waals surface area contributed by atoms with Gasteiger partial charge >= 0.3 is 39.5 Å². The number of carbonyl (C=O) groups excluding carboxylic acids is 4. The minimum Gasteiger partial charge on any atom is -0.462 e. The molecule has 0 aliphatic rings. The highest BCUT2D eigenvalue weighted by molar-refractivity contribution is 7.47. The first-order valence-electron chi connectivity index (χ1n) is 41.4. The van der Waals surface area contributed by atoms with Crippen molar-refractivity contribution in [1.29, 1.82) is 0 Å². The van der Waals surface area contributed by atoms with E-state index >= 15 is 0 Å². The standard InChI is InChI=1S/C80H156O17P2/c1-8-11-12-13-14-15-16-19-25-33-40-47-54-61-77(82)90-68-76(97-80(85)64-57-50-43-36-29-28-32-39-46-53-60-73(7)10-3)70-95-99(88,89)93-66-74(81)65-92-98(86,87)94-69-75(67-91-78(83)62-55-48-41-34-27-22-23-30-37-44-51-58-71(4)5)96-79(84)63-56-49-42-35-26-21-18-17-20-24-31-38-45-52-59-72(6)9-2/h71-76,81H,8-70H2,1-7H3,(H,86,87)(H,88,89)/t72?,73?,74-,75-,76-/m1/s1. The van der Waals surface area contributed by atoms with Crippen molar-refractivity contribution >= 4 is 39.5 Å². The van der Waals surface area contributed by atoms with Crippen LogP contribution in [0, 0.1) is 17.8 Å². The fourth-order valence-electron chi connectivity index (χ4n) is 12.2. The molecule has 0 rings (SSSR count). The van der Waals surface area contributed by atoms with Gasteiger partial charge in [-0.2, -0.15) is 0 Å². The Morgan fingerprint density at radius 3 is 0.768 bits per heavy atom.